The Labute approximate surface area is 300 Å². The fourth-order valence-electron chi connectivity index (χ4n) is 6.31. The van der Waals surface area contributed by atoms with E-state index in [0.29, 0.717) is 47.0 Å². The molecule has 272 valence electrons. The highest BCUT2D eigenvalue weighted by molar-refractivity contribution is 7.90. The molecule has 14 heteroatoms. The number of nitrogens with one attached hydrogen (secondary N) is 1. The van der Waals surface area contributed by atoms with Crippen molar-refractivity contribution in [3.63, 3.8) is 0 Å². The van der Waals surface area contributed by atoms with E-state index in [1.54, 1.807) is 54.5 Å². The van der Waals surface area contributed by atoms with Crippen LogP contribution in [0.2, 0.25) is 0 Å². The van der Waals surface area contributed by atoms with E-state index < -0.39 is 40.0 Å². The van der Waals surface area contributed by atoms with E-state index in [2.05, 4.69) is 22.2 Å². The van der Waals surface area contributed by atoms with Crippen LogP contribution in [-0.2, 0) is 26.9 Å². The van der Waals surface area contributed by atoms with Gasteiger partial charge in [0.2, 0.25) is 18.3 Å². The number of nitrogens with zero attached hydrogens (tertiary/aromatic N) is 4. The van der Waals surface area contributed by atoms with Crippen molar-refractivity contribution in [1.82, 2.24) is 19.9 Å². The van der Waals surface area contributed by atoms with Crippen molar-refractivity contribution in [2.75, 3.05) is 24.2 Å². The molecule has 1 aliphatic heterocycles. The molecule has 2 atom stereocenters. The topological polar surface area (TPSA) is 124 Å². The molecule has 52 heavy (non-hydrogen) atoms. The summed E-state index contributed by atoms with van der Waals surface area (Å²) >= 11 is 0. The minimum atomic E-state index is -4.03. The van der Waals surface area contributed by atoms with Crippen molar-refractivity contribution in [3.05, 3.63) is 108 Å². The molecule has 3 heterocycles. The van der Waals surface area contributed by atoms with Crippen LogP contribution in [0.3, 0.4) is 0 Å². The number of likely N-dealkylation sites (tertiary alicyclic amines) is 1. The molecule has 1 unspecified atom stereocenters. The molecule has 5 aromatic rings. The zero-order valence-corrected chi connectivity index (χ0v) is 29.5. The van der Waals surface area contributed by atoms with Gasteiger partial charge in [0.15, 0.2) is 9.84 Å². The maximum absolute atomic E-state index is 15.1. The lowest BCUT2D eigenvalue weighted by atomic mass is 9.96. The molecular weight excluding hydrogens is 696 g/mol. The number of piperidine rings is 1. The molecule has 0 saturated carbocycles. The van der Waals surface area contributed by atoms with E-state index in [9.17, 15) is 22.0 Å². The Morgan fingerprint density at radius 3 is 2.56 bits per heavy atom. The van der Waals surface area contributed by atoms with Crippen LogP contribution in [0.5, 0.6) is 11.6 Å². The zero-order chi connectivity index (χ0) is 36.8. The Morgan fingerprint density at radius 2 is 1.77 bits per heavy atom. The summed E-state index contributed by atoms with van der Waals surface area (Å²) in [7, 11) is -4.03. The number of alkyl halides is 2. The number of carbonyl (C=O) groups excluding carboxylic acids is 1. The Kier molecular flexibility index (Phi) is 11.2. The van der Waals surface area contributed by atoms with E-state index in [1.165, 1.54) is 6.07 Å². The molecule has 2 aromatic heterocycles. The lowest BCUT2D eigenvalue weighted by molar-refractivity contribution is 0.0783. The van der Waals surface area contributed by atoms with Gasteiger partial charge in [-0.15, -0.1) is 0 Å². The molecule has 0 radical (unpaired) electrons. The summed E-state index contributed by atoms with van der Waals surface area (Å²) < 4.78 is 77.9. The normalized spacial score (nSPS) is 16.2. The molecule has 1 aliphatic rings. The number of fused-ring (bicyclic) bond motifs is 1. The van der Waals surface area contributed by atoms with Crippen LogP contribution in [0.1, 0.15) is 36.5 Å². The second-order valence-corrected chi connectivity index (χ2v) is 15.1. The Morgan fingerprint density at radius 1 is 0.981 bits per heavy atom. The molecule has 1 saturated heterocycles. The van der Waals surface area contributed by atoms with Gasteiger partial charge in [-0.3, -0.25) is 0 Å². The fourth-order valence-corrected chi connectivity index (χ4v) is 7.72. The number of aromatic nitrogens is 3. The van der Waals surface area contributed by atoms with Crippen LogP contribution in [0.4, 0.5) is 23.9 Å². The van der Waals surface area contributed by atoms with E-state index >= 15 is 4.39 Å². The number of ether oxygens (including phenoxy) is 2. The lowest BCUT2D eigenvalue weighted by Gasteiger charge is -2.36. The molecule has 1 fully saturated rings. The third-order valence-electron chi connectivity index (χ3n) is 8.77. The van der Waals surface area contributed by atoms with Crippen LogP contribution < -0.4 is 10.1 Å². The fraction of sp³-hybridized carbons (Fsp3) is 0.316. The SMILES string of the molecule is Cc1ccc2c(CS(=O)(=O)CCC(F)F)c(F)ccc2c1Oc1ncccc1-c1ccnc(NC2C[C@@H](C)CN(C(=O)OCc3ccccc3)C2)n1. The standard InChI is InChI=1S/C38H38F3N5O5S/c1-24-19-27(21-46(20-24)38(47)50-22-26-7-4-3-5-8-26)44-37-43-17-14-33(45-37)30-9-6-16-42-36(30)51-35-25(2)10-11-28-29(35)12-13-32(39)31(28)23-52(48,49)18-15-34(40)41/h3-14,16-17,24,27,34H,15,18-23H2,1-2H3,(H,43,44,45)/t24-,27?/m1/s1. The van der Waals surface area contributed by atoms with Crippen molar-refractivity contribution >= 4 is 32.7 Å². The summed E-state index contributed by atoms with van der Waals surface area (Å²) in [6.45, 7) is 5.02. The third kappa shape index (κ3) is 8.97. The molecule has 3 aromatic carbocycles. The molecule has 0 bridgehead atoms. The van der Waals surface area contributed by atoms with Crippen molar-refractivity contribution in [2.45, 2.75) is 51.5 Å². The van der Waals surface area contributed by atoms with Crippen molar-refractivity contribution in [1.29, 1.82) is 0 Å². The molecule has 0 aliphatic carbocycles. The van der Waals surface area contributed by atoms with Crippen molar-refractivity contribution < 1.29 is 35.9 Å². The first-order chi connectivity index (χ1) is 25.0. The third-order valence-corrected chi connectivity index (χ3v) is 10.4. The van der Waals surface area contributed by atoms with Crippen molar-refractivity contribution in [2.24, 2.45) is 5.92 Å². The minimum Gasteiger partial charge on any atom is -0.445 e. The highest BCUT2D eigenvalue weighted by Gasteiger charge is 2.29. The summed E-state index contributed by atoms with van der Waals surface area (Å²) in [5, 5.41) is 4.08. The average molecular weight is 734 g/mol. The van der Waals surface area contributed by atoms with Crippen LogP contribution in [-0.4, -0.2) is 65.7 Å². The first kappa shape index (κ1) is 36.5. The predicted octanol–water partition coefficient (Wildman–Crippen LogP) is 7.96. The summed E-state index contributed by atoms with van der Waals surface area (Å²) in [6.07, 6.45) is -0.0602. The van der Waals surface area contributed by atoms with Crippen molar-refractivity contribution in [3.8, 4) is 22.9 Å². The average Bonchev–Trinajstić information content (AvgIpc) is 3.12. The van der Waals surface area contributed by atoms with Crippen LogP contribution >= 0.6 is 0 Å². The van der Waals surface area contributed by atoms with Crippen LogP contribution in [0.25, 0.3) is 22.0 Å². The summed E-state index contributed by atoms with van der Waals surface area (Å²) in [4.78, 5) is 28.3. The maximum atomic E-state index is 15.1. The van der Waals surface area contributed by atoms with Gasteiger partial charge in [0, 0.05) is 48.9 Å². The number of aryl methyl sites for hydroxylation is 1. The van der Waals surface area contributed by atoms with Gasteiger partial charge in [-0.25, -0.2) is 41.3 Å². The molecule has 1 amide bonds. The molecular formula is C38H38F3N5O5S. The van der Waals surface area contributed by atoms with E-state index in [-0.39, 0.29) is 41.5 Å². The number of pyridine rings is 1. The molecule has 0 spiro atoms. The summed E-state index contributed by atoms with van der Waals surface area (Å²) in [6, 6.07) is 20.5. The van der Waals surface area contributed by atoms with Gasteiger partial charge in [-0.05, 0) is 66.1 Å². The van der Waals surface area contributed by atoms with Gasteiger partial charge >= 0.3 is 6.09 Å². The number of rotatable bonds is 12. The number of hydrogen-bond acceptors (Lipinski definition) is 9. The zero-order valence-electron chi connectivity index (χ0n) is 28.6. The number of sulfone groups is 1. The van der Waals surface area contributed by atoms with Gasteiger partial charge in [0.25, 0.3) is 0 Å². The first-order valence-corrected chi connectivity index (χ1v) is 18.7. The van der Waals surface area contributed by atoms with Gasteiger partial charge in [0.05, 0.1) is 22.8 Å². The van der Waals surface area contributed by atoms with Gasteiger partial charge < -0.3 is 19.7 Å². The summed E-state index contributed by atoms with van der Waals surface area (Å²) in [5.41, 5.74) is 2.49. The number of benzene rings is 3. The Bertz CT molecular complexity index is 2160. The van der Waals surface area contributed by atoms with Gasteiger partial charge in [0.1, 0.15) is 18.2 Å². The second-order valence-electron chi connectivity index (χ2n) is 13.0. The lowest BCUT2D eigenvalue weighted by Crippen LogP contribution is -2.48. The van der Waals surface area contributed by atoms with Gasteiger partial charge in [-0.2, -0.15) is 0 Å². The first-order valence-electron chi connectivity index (χ1n) is 16.8. The predicted molar refractivity (Wildman–Crippen MR) is 191 cm³/mol. The molecule has 10 nitrogen and oxygen atoms in total. The highest BCUT2D eigenvalue weighted by atomic mass is 32.2. The number of hydrogen-bond donors (Lipinski definition) is 1. The quantitative estimate of drug-likeness (QED) is 0.136. The Hall–Kier alpha value is -5.24. The number of halogens is 3. The highest BCUT2D eigenvalue weighted by Crippen LogP contribution is 2.38. The van der Waals surface area contributed by atoms with Gasteiger partial charge in [-0.1, -0.05) is 49.4 Å². The van der Waals surface area contributed by atoms with E-state index in [1.807, 2.05) is 30.3 Å². The number of amides is 1. The molecule has 1 N–H and O–H groups in total. The number of anilines is 1. The Balaban J connectivity index is 1.21. The van der Waals surface area contributed by atoms with Crippen LogP contribution in [0.15, 0.2) is 85.2 Å². The minimum absolute atomic E-state index is 0.121. The van der Waals surface area contributed by atoms with E-state index in [0.717, 1.165) is 18.1 Å². The maximum Gasteiger partial charge on any atom is 0.410 e. The van der Waals surface area contributed by atoms with Crippen LogP contribution in [0, 0.1) is 18.7 Å². The monoisotopic (exact) mass is 733 g/mol. The number of carbonyl (C=O) groups is 1. The summed E-state index contributed by atoms with van der Waals surface area (Å²) in [5.74, 6) is -1.19. The smallest absolute Gasteiger partial charge is 0.410 e. The second kappa shape index (κ2) is 16.0. The largest absolute Gasteiger partial charge is 0.445 e. The van der Waals surface area contributed by atoms with E-state index in [4.69, 9.17) is 14.5 Å². The molecule has 6 rings (SSSR count).